The number of carbonyl (C=O) groups excluding carboxylic acids is 1. The average molecular weight is 358 g/mol. The number of nitrogens with zero attached hydrogens (tertiary/aromatic N) is 2. The Hall–Kier alpha value is -2.52. The van der Waals surface area contributed by atoms with Gasteiger partial charge < -0.3 is 9.64 Å². The summed E-state index contributed by atoms with van der Waals surface area (Å²) in [6, 6.07) is 15.1. The molecule has 0 saturated heterocycles. The van der Waals surface area contributed by atoms with Gasteiger partial charge >= 0.3 is 0 Å². The maximum Gasteiger partial charge on any atom is 0.232 e. The maximum atomic E-state index is 12.8. The van der Waals surface area contributed by atoms with Crippen LogP contribution in [0.25, 0.3) is 0 Å². The maximum absolute atomic E-state index is 12.8. The van der Waals surface area contributed by atoms with Crippen molar-refractivity contribution in [2.45, 2.75) is 11.3 Å². The Morgan fingerprint density at radius 2 is 1.88 bits per heavy atom. The van der Waals surface area contributed by atoms with Gasteiger partial charge in [0.1, 0.15) is 11.6 Å². The van der Waals surface area contributed by atoms with Gasteiger partial charge in [0.25, 0.3) is 0 Å². The molecule has 0 atom stereocenters. The van der Waals surface area contributed by atoms with Gasteiger partial charge in [0.15, 0.2) is 0 Å². The zero-order valence-corrected chi connectivity index (χ0v) is 14.8. The number of hydrogen-bond donors (Lipinski definition) is 0. The number of rotatable bonds is 8. The Bertz CT molecular complexity index is 727. The van der Waals surface area contributed by atoms with E-state index in [0.717, 1.165) is 4.90 Å². The summed E-state index contributed by atoms with van der Waals surface area (Å²) >= 11 is 1.45. The molecular weight excluding hydrogens is 339 g/mol. The van der Waals surface area contributed by atoms with Crippen molar-refractivity contribution in [3.8, 4) is 11.8 Å². The molecule has 2 aromatic carbocycles. The van der Waals surface area contributed by atoms with Gasteiger partial charge in [-0.15, -0.1) is 11.8 Å². The van der Waals surface area contributed by atoms with E-state index in [0.29, 0.717) is 36.6 Å². The topological polar surface area (TPSA) is 53.3 Å². The molecule has 0 N–H and O–H groups in total. The molecule has 0 heterocycles. The lowest BCUT2D eigenvalue weighted by Gasteiger charge is -2.17. The summed E-state index contributed by atoms with van der Waals surface area (Å²) < 4.78 is 18.3. The van der Waals surface area contributed by atoms with Crippen molar-refractivity contribution < 1.29 is 13.9 Å². The van der Waals surface area contributed by atoms with Gasteiger partial charge in [0.2, 0.25) is 5.91 Å². The van der Waals surface area contributed by atoms with Crippen LogP contribution in [0.2, 0.25) is 0 Å². The molecule has 0 bridgehead atoms. The molecule has 0 aliphatic heterocycles. The van der Waals surface area contributed by atoms with Gasteiger partial charge in [-0.2, -0.15) is 5.26 Å². The van der Waals surface area contributed by atoms with E-state index in [1.54, 1.807) is 36.2 Å². The Labute approximate surface area is 151 Å². The standard InChI is InChI=1S/C19H19FN2O2S/c1-22(11-2-12-24-17-7-5-16(20)6-8-17)19(23)14-25-18-9-3-15(13-21)4-10-18/h3-10H,2,11-12,14H2,1H3. The fourth-order valence-electron chi connectivity index (χ4n) is 2.03. The number of nitriles is 1. The summed E-state index contributed by atoms with van der Waals surface area (Å²) in [5, 5.41) is 8.76. The van der Waals surface area contributed by atoms with E-state index >= 15 is 0 Å². The molecule has 25 heavy (non-hydrogen) atoms. The van der Waals surface area contributed by atoms with Crippen LogP contribution < -0.4 is 4.74 Å². The molecule has 1 amide bonds. The second kappa shape index (κ2) is 9.70. The molecule has 0 aliphatic rings. The van der Waals surface area contributed by atoms with Crippen LogP contribution in [0.5, 0.6) is 5.75 Å². The number of benzene rings is 2. The highest BCUT2D eigenvalue weighted by Gasteiger charge is 2.09. The Morgan fingerprint density at radius 1 is 1.20 bits per heavy atom. The van der Waals surface area contributed by atoms with E-state index in [-0.39, 0.29) is 11.7 Å². The lowest BCUT2D eigenvalue weighted by Crippen LogP contribution is -2.30. The molecule has 0 saturated carbocycles. The molecule has 2 aromatic rings. The first-order valence-electron chi connectivity index (χ1n) is 7.84. The lowest BCUT2D eigenvalue weighted by atomic mass is 10.2. The summed E-state index contributed by atoms with van der Waals surface area (Å²) in [5.74, 6) is 0.710. The molecule has 4 nitrogen and oxygen atoms in total. The van der Waals surface area contributed by atoms with E-state index in [1.807, 2.05) is 12.1 Å². The van der Waals surface area contributed by atoms with Gasteiger partial charge in [-0.05, 0) is 55.0 Å². The van der Waals surface area contributed by atoms with Crippen molar-refractivity contribution in [2.24, 2.45) is 0 Å². The second-order valence-electron chi connectivity index (χ2n) is 5.40. The summed E-state index contributed by atoms with van der Waals surface area (Å²) in [5.41, 5.74) is 0.606. The van der Waals surface area contributed by atoms with Crippen LogP contribution in [0.1, 0.15) is 12.0 Å². The van der Waals surface area contributed by atoms with Crippen molar-refractivity contribution in [3.05, 3.63) is 59.9 Å². The molecule has 0 unspecified atom stereocenters. The van der Waals surface area contributed by atoms with Gasteiger partial charge in [-0.25, -0.2) is 4.39 Å². The highest BCUT2D eigenvalue weighted by Crippen LogP contribution is 2.18. The van der Waals surface area contributed by atoms with Crippen LogP contribution in [0.3, 0.4) is 0 Å². The zero-order chi connectivity index (χ0) is 18.1. The monoisotopic (exact) mass is 358 g/mol. The van der Waals surface area contributed by atoms with Crippen molar-refractivity contribution >= 4 is 17.7 Å². The summed E-state index contributed by atoms with van der Waals surface area (Å²) in [6.45, 7) is 1.06. The molecule has 0 fully saturated rings. The third-order valence-corrected chi connectivity index (χ3v) is 4.49. The van der Waals surface area contributed by atoms with Crippen molar-refractivity contribution in [3.63, 3.8) is 0 Å². The smallest absolute Gasteiger partial charge is 0.232 e. The number of amides is 1. The molecule has 0 radical (unpaired) electrons. The van der Waals surface area contributed by atoms with Crippen LogP contribution in [-0.2, 0) is 4.79 Å². The predicted octanol–water partition coefficient (Wildman–Crippen LogP) is 3.72. The van der Waals surface area contributed by atoms with Gasteiger partial charge in [0, 0.05) is 18.5 Å². The van der Waals surface area contributed by atoms with Crippen molar-refractivity contribution in [1.82, 2.24) is 4.90 Å². The number of thioether (sulfide) groups is 1. The second-order valence-corrected chi connectivity index (χ2v) is 6.44. The highest BCUT2D eigenvalue weighted by molar-refractivity contribution is 8.00. The third kappa shape index (κ3) is 6.48. The van der Waals surface area contributed by atoms with E-state index in [2.05, 4.69) is 6.07 Å². The molecule has 6 heteroatoms. The van der Waals surface area contributed by atoms with Crippen LogP contribution in [-0.4, -0.2) is 36.8 Å². The molecule has 0 aromatic heterocycles. The van der Waals surface area contributed by atoms with Gasteiger partial charge in [-0.3, -0.25) is 4.79 Å². The normalized spacial score (nSPS) is 10.1. The Balaban J connectivity index is 1.65. The van der Waals surface area contributed by atoms with Gasteiger partial charge in [0.05, 0.1) is 24.0 Å². The van der Waals surface area contributed by atoms with E-state index in [4.69, 9.17) is 10.00 Å². The lowest BCUT2D eigenvalue weighted by molar-refractivity contribution is -0.127. The molecule has 130 valence electrons. The number of halogens is 1. The first-order chi connectivity index (χ1) is 12.1. The molecule has 0 spiro atoms. The zero-order valence-electron chi connectivity index (χ0n) is 13.9. The van der Waals surface area contributed by atoms with E-state index in [9.17, 15) is 9.18 Å². The SMILES string of the molecule is CN(CCCOc1ccc(F)cc1)C(=O)CSc1ccc(C#N)cc1. The summed E-state index contributed by atoms with van der Waals surface area (Å²) in [7, 11) is 1.76. The summed E-state index contributed by atoms with van der Waals surface area (Å²) in [6.07, 6.45) is 0.696. The summed E-state index contributed by atoms with van der Waals surface area (Å²) in [4.78, 5) is 14.7. The molecular formula is C19H19FN2O2S. The molecule has 0 aliphatic carbocycles. The fraction of sp³-hybridized carbons (Fsp3) is 0.263. The van der Waals surface area contributed by atoms with Gasteiger partial charge in [-0.1, -0.05) is 0 Å². The minimum absolute atomic E-state index is 0.0381. The number of ether oxygens (including phenoxy) is 1. The largest absolute Gasteiger partial charge is 0.494 e. The predicted molar refractivity (Wildman–Crippen MR) is 96.0 cm³/mol. The van der Waals surface area contributed by atoms with E-state index < -0.39 is 0 Å². The van der Waals surface area contributed by atoms with Crippen LogP contribution in [0, 0.1) is 17.1 Å². The Kier molecular flexibility index (Phi) is 7.30. The minimum atomic E-state index is -0.294. The minimum Gasteiger partial charge on any atom is -0.494 e. The van der Waals surface area contributed by atoms with Crippen LogP contribution >= 0.6 is 11.8 Å². The molecule has 2 rings (SSSR count). The number of carbonyl (C=O) groups is 1. The highest BCUT2D eigenvalue weighted by atomic mass is 32.2. The average Bonchev–Trinajstić information content (AvgIpc) is 2.65. The van der Waals surface area contributed by atoms with Crippen molar-refractivity contribution in [1.29, 1.82) is 5.26 Å². The van der Waals surface area contributed by atoms with Crippen LogP contribution in [0.15, 0.2) is 53.4 Å². The fourth-order valence-corrected chi connectivity index (χ4v) is 2.87. The first-order valence-corrected chi connectivity index (χ1v) is 8.82. The van der Waals surface area contributed by atoms with E-state index in [1.165, 1.54) is 23.9 Å². The first kappa shape index (κ1) is 18.8. The quantitative estimate of drug-likeness (QED) is 0.533. The third-order valence-electron chi connectivity index (χ3n) is 3.49. The Morgan fingerprint density at radius 3 is 2.52 bits per heavy atom. The van der Waals surface area contributed by atoms with Crippen molar-refractivity contribution in [2.75, 3.05) is 26.0 Å². The van der Waals surface area contributed by atoms with Crippen LogP contribution in [0.4, 0.5) is 4.39 Å². The number of hydrogen-bond acceptors (Lipinski definition) is 4.